The number of para-hydroxylation sites is 1. The first-order chi connectivity index (χ1) is 13.7. The Kier molecular flexibility index (Phi) is 4.97. The summed E-state index contributed by atoms with van der Waals surface area (Å²) in [5, 5.41) is 3.08. The lowest BCUT2D eigenvalue weighted by Gasteiger charge is -2.10. The van der Waals surface area contributed by atoms with Crippen LogP contribution < -0.4 is 10.1 Å². The molecule has 0 bridgehead atoms. The molecule has 5 heteroatoms. The van der Waals surface area contributed by atoms with Gasteiger partial charge in [0.1, 0.15) is 17.3 Å². The van der Waals surface area contributed by atoms with Gasteiger partial charge in [-0.15, -0.1) is 0 Å². The SMILES string of the molecule is O=C(NCc1cccc(Oc2ccccc2)c1)c1ccc2ncccc2c1F. The third kappa shape index (κ3) is 3.83. The van der Waals surface area contributed by atoms with Crippen molar-refractivity contribution in [1.82, 2.24) is 10.3 Å². The molecule has 4 rings (SSSR count). The van der Waals surface area contributed by atoms with E-state index in [-0.39, 0.29) is 12.1 Å². The van der Waals surface area contributed by atoms with Gasteiger partial charge in [0.2, 0.25) is 0 Å². The molecule has 28 heavy (non-hydrogen) atoms. The van der Waals surface area contributed by atoms with Gasteiger partial charge in [0.25, 0.3) is 5.91 Å². The summed E-state index contributed by atoms with van der Waals surface area (Å²) >= 11 is 0. The van der Waals surface area contributed by atoms with E-state index in [1.54, 1.807) is 24.4 Å². The summed E-state index contributed by atoms with van der Waals surface area (Å²) < 4.78 is 20.4. The van der Waals surface area contributed by atoms with Crippen LogP contribution in [0.1, 0.15) is 15.9 Å². The van der Waals surface area contributed by atoms with Crippen molar-refractivity contribution in [3.8, 4) is 11.5 Å². The van der Waals surface area contributed by atoms with Crippen molar-refractivity contribution in [1.29, 1.82) is 0 Å². The number of halogens is 1. The van der Waals surface area contributed by atoms with Crippen molar-refractivity contribution in [2.75, 3.05) is 0 Å². The minimum absolute atomic E-state index is 0.00260. The van der Waals surface area contributed by atoms with Crippen LogP contribution in [-0.2, 0) is 6.54 Å². The Hall–Kier alpha value is -3.73. The van der Waals surface area contributed by atoms with E-state index < -0.39 is 11.7 Å². The van der Waals surface area contributed by atoms with Gasteiger partial charge in [0.15, 0.2) is 0 Å². The fourth-order valence-corrected chi connectivity index (χ4v) is 2.91. The second-order valence-corrected chi connectivity index (χ2v) is 6.24. The summed E-state index contributed by atoms with van der Waals surface area (Å²) in [6.45, 7) is 0.259. The van der Waals surface area contributed by atoms with Crippen molar-refractivity contribution < 1.29 is 13.9 Å². The van der Waals surface area contributed by atoms with Crippen molar-refractivity contribution in [3.05, 3.63) is 102 Å². The number of amides is 1. The van der Waals surface area contributed by atoms with Crippen LogP contribution in [0.25, 0.3) is 10.9 Å². The number of nitrogens with one attached hydrogen (secondary N) is 1. The van der Waals surface area contributed by atoms with Gasteiger partial charge in [-0.05, 0) is 54.1 Å². The maximum Gasteiger partial charge on any atom is 0.254 e. The Labute approximate surface area is 161 Å². The van der Waals surface area contributed by atoms with Crippen LogP contribution in [0.4, 0.5) is 4.39 Å². The van der Waals surface area contributed by atoms with E-state index in [9.17, 15) is 9.18 Å². The number of carbonyl (C=O) groups excluding carboxylic acids is 1. The highest BCUT2D eigenvalue weighted by atomic mass is 19.1. The Morgan fingerprint density at radius 3 is 2.61 bits per heavy atom. The minimum atomic E-state index is -0.565. The number of fused-ring (bicyclic) bond motifs is 1. The molecule has 4 aromatic rings. The monoisotopic (exact) mass is 372 g/mol. The van der Waals surface area contributed by atoms with Crippen molar-refractivity contribution >= 4 is 16.8 Å². The van der Waals surface area contributed by atoms with Crippen LogP contribution in [0, 0.1) is 5.82 Å². The first kappa shape index (κ1) is 17.7. The first-order valence-electron chi connectivity index (χ1n) is 8.84. The fourth-order valence-electron chi connectivity index (χ4n) is 2.91. The maximum atomic E-state index is 14.6. The molecule has 0 aliphatic carbocycles. The predicted octanol–water partition coefficient (Wildman–Crippen LogP) is 5.10. The summed E-state index contributed by atoms with van der Waals surface area (Å²) in [5.41, 5.74) is 1.36. The molecule has 0 radical (unpaired) electrons. The number of nitrogens with zero attached hydrogens (tertiary/aromatic N) is 1. The van der Waals surface area contributed by atoms with Crippen LogP contribution in [0.2, 0.25) is 0 Å². The Bertz CT molecular complexity index is 1130. The Balaban J connectivity index is 1.47. The van der Waals surface area contributed by atoms with E-state index in [0.29, 0.717) is 16.7 Å². The number of pyridine rings is 1. The van der Waals surface area contributed by atoms with E-state index in [4.69, 9.17) is 4.74 Å². The number of benzene rings is 3. The molecule has 138 valence electrons. The van der Waals surface area contributed by atoms with E-state index in [1.165, 1.54) is 6.07 Å². The van der Waals surface area contributed by atoms with E-state index in [1.807, 2.05) is 54.6 Å². The number of ether oxygens (including phenoxy) is 1. The zero-order valence-corrected chi connectivity index (χ0v) is 14.9. The lowest BCUT2D eigenvalue weighted by molar-refractivity contribution is 0.0947. The molecule has 4 nitrogen and oxygen atoms in total. The topological polar surface area (TPSA) is 51.2 Å². The van der Waals surface area contributed by atoms with Gasteiger partial charge in [-0.3, -0.25) is 9.78 Å². The Morgan fingerprint density at radius 1 is 0.929 bits per heavy atom. The lowest BCUT2D eigenvalue weighted by Crippen LogP contribution is -2.23. The number of carbonyl (C=O) groups is 1. The molecule has 0 unspecified atom stereocenters. The maximum absolute atomic E-state index is 14.6. The van der Waals surface area contributed by atoms with E-state index in [2.05, 4.69) is 10.3 Å². The summed E-state index contributed by atoms with van der Waals surface area (Å²) in [6.07, 6.45) is 1.59. The van der Waals surface area contributed by atoms with Gasteiger partial charge >= 0.3 is 0 Å². The molecular weight excluding hydrogens is 355 g/mol. The highest BCUT2D eigenvalue weighted by Crippen LogP contribution is 2.22. The summed E-state index contributed by atoms with van der Waals surface area (Å²) in [4.78, 5) is 16.6. The molecule has 0 spiro atoms. The molecule has 1 aromatic heterocycles. The van der Waals surface area contributed by atoms with Crippen molar-refractivity contribution in [2.24, 2.45) is 0 Å². The molecule has 0 saturated heterocycles. The average molecular weight is 372 g/mol. The fraction of sp³-hybridized carbons (Fsp3) is 0.0435. The standard InChI is InChI=1S/C23H17FN2O2/c24-22-19-10-5-13-25-21(19)12-11-20(22)23(27)26-15-16-6-4-9-18(14-16)28-17-7-2-1-3-8-17/h1-14H,15H2,(H,26,27). The van der Waals surface area contributed by atoms with E-state index >= 15 is 0 Å². The molecule has 0 atom stereocenters. The molecule has 0 saturated carbocycles. The summed E-state index contributed by atoms with van der Waals surface area (Å²) in [6, 6.07) is 23.2. The smallest absolute Gasteiger partial charge is 0.254 e. The molecule has 0 fully saturated rings. The zero-order chi connectivity index (χ0) is 19.3. The number of hydrogen-bond donors (Lipinski definition) is 1. The van der Waals surface area contributed by atoms with Gasteiger partial charge in [0.05, 0.1) is 11.1 Å². The Morgan fingerprint density at radius 2 is 1.75 bits per heavy atom. The number of aromatic nitrogens is 1. The predicted molar refractivity (Wildman–Crippen MR) is 106 cm³/mol. The molecule has 3 aromatic carbocycles. The highest BCUT2D eigenvalue weighted by Gasteiger charge is 2.14. The third-order valence-electron chi connectivity index (χ3n) is 4.29. The van der Waals surface area contributed by atoms with Crippen molar-refractivity contribution in [2.45, 2.75) is 6.54 Å². The van der Waals surface area contributed by atoms with Gasteiger partial charge in [-0.1, -0.05) is 30.3 Å². The molecule has 0 aliphatic rings. The molecule has 1 heterocycles. The lowest BCUT2D eigenvalue weighted by atomic mass is 10.1. The molecule has 0 aliphatic heterocycles. The highest BCUT2D eigenvalue weighted by molar-refractivity contribution is 5.98. The summed E-state index contributed by atoms with van der Waals surface area (Å²) in [5.74, 6) is 0.360. The average Bonchev–Trinajstić information content (AvgIpc) is 2.73. The van der Waals surface area contributed by atoms with Crippen LogP contribution in [-0.4, -0.2) is 10.9 Å². The van der Waals surface area contributed by atoms with Gasteiger partial charge in [0, 0.05) is 18.1 Å². The number of hydrogen-bond acceptors (Lipinski definition) is 3. The van der Waals surface area contributed by atoms with Crippen molar-refractivity contribution in [3.63, 3.8) is 0 Å². The molecule has 1 amide bonds. The second kappa shape index (κ2) is 7.88. The third-order valence-corrected chi connectivity index (χ3v) is 4.29. The first-order valence-corrected chi connectivity index (χ1v) is 8.84. The van der Waals surface area contributed by atoms with Crippen LogP contribution >= 0.6 is 0 Å². The number of rotatable bonds is 5. The van der Waals surface area contributed by atoms with Gasteiger partial charge in [-0.25, -0.2) is 4.39 Å². The van der Waals surface area contributed by atoms with Crippen LogP contribution in [0.3, 0.4) is 0 Å². The molecule has 1 N–H and O–H groups in total. The summed E-state index contributed by atoms with van der Waals surface area (Å²) in [7, 11) is 0. The quantitative estimate of drug-likeness (QED) is 0.530. The van der Waals surface area contributed by atoms with Crippen LogP contribution in [0.5, 0.6) is 11.5 Å². The van der Waals surface area contributed by atoms with Gasteiger partial charge < -0.3 is 10.1 Å². The zero-order valence-electron chi connectivity index (χ0n) is 14.9. The normalized spacial score (nSPS) is 10.6. The van der Waals surface area contributed by atoms with Gasteiger partial charge in [-0.2, -0.15) is 0 Å². The molecular formula is C23H17FN2O2. The second-order valence-electron chi connectivity index (χ2n) is 6.24. The largest absolute Gasteiger partial charge is 0.457 e. The van der Waals surface area contributed by atoms with Crippen LogP contribution in [0.15, 0.2) is 85.1 Å². The van der Waals surface area contributed by atoms with E-state index in [0.717, 1.165) is 11.3 Å². The minimum Gasteiger partial charge on any atom is -0.457 e.